The van der Waals surface area contributed by atoms with Crippen molar-refractivity contribution < 1.29 is 17.9 Å². The maximum absolute atomic E-state index is 13.4. The van der Waals surface area contributed by atoms with E-state index >= 15 is 0 Å². The summed E-state index contributed by atoms with van der Waals surface area (Å²) in [5.41, 5.74) is 2.91. The van der Waals surface area contributed by atoms with Crippen LogP contribution in [0.5, 0.6) is 5.75 Å². The van der Waals surface area contributed by atoms with Gasteiger partial charge in [0.1, 0.15) is 5.75 Å². The number of aryl methyl sites for hydroxylation is 2. The van der Waals surface area contributed by atoms with E-state index in [1.165, 1.54) is 4.31 Å². The van der Waals surface area contributed by atoms with Gasteiger partial charge in [-0.15, -0.1) is 0 Å². The molecule has 1 aliphatic heterocycles. The molecule has 3 aromatic carbocycles. The molecule has 1 atom stereocenters. The van der Waals surface area contributed by atoms with Gasteiger partial charge in [-0.25, -0.2) is 8.42 Å². The van der Waals surface area contributed by atoms with Crippen molar-refractivity contribution in [3.8, 4) is 5.75 Å². The van der Waals surface area contributed by atoms with Gasteiger partial charge in [-0.3, -0.25) is 9.10 Å². The number of carbonyl (C=O) groups excluding carboxylic acids is 1. The van der Waals surface area contributed by atoms with E-state index in [1.807, 2.05) is 38.1 Å². The van der Waals surface area contributed by atoms with E-state index in [2.05, 4.69) is 5.32 Å². The predicted molar refractivity (Wildman–Crippen MR) is 116 cm³/mol. The molecule has 1 unspecified atom stereocenters. The Balaban J connectivity index is 1.71. The van der Waals surface area contributed by atoms with Gasteiger partial charge in [-0.1, -0.05) is 42.0 Å². The molecule has 0 fully saturated rings. The molecule has 1 amide bonds. The van der Waals surface area contributed by atoms with Gasteiger partial charge in [0.25, 0.3) is 15.9 Å². The summed E-state index contributed by atoms with van der Waals surface area (Å²) in [5.74, 6) is -0.0488. The van der Waals surface area contributed by atoms with Gasteiger partial charge in [-0.2, -0.15) is 0 Å². The van der Waals surface area contributed by atoms with Gasteiger partial charge in [0, 0.05) is 5.69 Å². The number of rotatable bonds is 4. The number of sulfonamides is 1. The van der Waals surface area contributed by atoms with E-state index in [9.17, 15) is 13.2 Å². The van der Waals surface area contributed by atoms with Crippen LogP contribution in [-0.4, -0.2) is 27.0 Å². The van der Waals surface area contributed by atoms with Crippen molar-refractivity contribution in [3.63, 3.8) is 0 Å². The minimum absolute atomic E-state index is 0.120. The lowest BCUT2D eigenvalue weighted by atomic mass is 10.1. The van der Waals surface area contributed by atoms with Crippen molar-refractivity contribution in [1.82, 2.24) is 0 Å². The second kappa shape index (κ2) is 7.84. The number of hydrogen-bond donors (Lipinski definition) is 1. The van der Waals surface area contributed by atoms with Crippen molar-refractivity contribution in [2.75, 3.05) is 16.2 Å². The summed E-state index contributed by atoms with van der Waals surface area (Å²) in [4.78, 5) is 13.0. The first-order valence-electron chi connectivity index (χ1n) is 9.57. The minimum Gasteiger partial charge on any atom is -0.476 e. The van der Waals surface area contributed by atoms with E-state index in [1.54, 1.807) is 48.5 Å². The zero-order valence-corrected chi connectivity index (χ0v) is 17.5. The standard InChI is InChI=1S/C23H22N2O4S/c1-16-8-11-19(12-9-16)30(27,28)25-15-22(23(26)24-18-6-4-3-5-7-18)29-21-13-10-17(2)14-20(21)25/h3-14,22H,15H2,1-2H3,(H,24,26). The summed E-state index contributed by atoms with van der Waals surface area (Å²) >= 11 is 0. The van der Waals surface area contributed by atoms with Crippen LogP contribution < -0.4 is 14.4 Å². The van der Waals surface area contributed by atoms with E-state index in [0.29, 0.717) is 17.1 Å². The van der Waals surface area contributed by atoms with Crippen LogP contribution in [0.3, 0.4) is 0 Å². The largest absolute Gasteiger partial charge is 0.476 e. The highest BCUT2D eigenvalue weighted by molar-refractivity contribution is 7.92. The lowest BCUT2D eigenvalue weighted by Gasteiger charge is -2.35. The van der Waals surface area contributed by atoms with Crippen LogP contribution in [-0.2, 0) is 14.8 Å². The Labute approximate surface area is 176 Å². The number of benzene rings is 3. The van der Waals surface area contributed by atoms with Crippen LogP contribution in [0, 0.1) is 13.8 Å². The van der Waals surface area contributed by atoms with Crippen molar-refractivity contribution in [2.24, 2.45) is 0 Å². The van der Waals surface area contributed by atoms with Gasteiger partial charge in [-0.05, 0) is 55.8 Å². The number of nitrogens with one attached hydrogen (secondary N) is 1. The van der Waals surface area contributed by atoms with Gasteiger partial charge in [0.2, 0.25) is 0 Å². The smallest absolute Gasteiger partial charge is 0.267 e. The van der Waals surface area contributed by atoms with Gasteiger partial charge in [0.05, 0.1) is 17.1 Å². The number of nitrogens with zero attached hydrogens (tertiary/aromatic N) is 1. The molecule has 154 valence electrons. The third-order valence-electron chi connectivity index (χ3n) is 4.93. The molecule has 30 heavy (non-hydrogen) atoms. The third kappa shape index (κ3) is 3.89. The van der Waals surface area contributed by atoms with E-state index in [0.717, 1.165) is 11.1 Å². The summed E-state index contributed by atoms with van der Waals surface area (Å²) < 4.78 is 34.0. The SMILES string of the molecule is Cc1ccc(S(=O)(=O)N2CC(C(=O)Nc3ccccc3)Oc3ccc(C)cc32)cc1. The number of fused-ring (bicyclic) bond motifs is 1. The first kappa shape index (κ1) is 20.0. The summed E-state index contributed by atoms with van der Waals surface area (Å²) in [6, 6.07) is 20.9. The fourth-order valence-electron chi connectivity index (χ4n) is 3.31. The first-order chi connectivity index (χ1) is 14.3. The van der Waals surface area contributed by atoms with Gasteiger partial charge < -0.3 is 10.1 Å². The molecule has 4 rings (SSSR count). The molecule has 0 spiro atoms. The molecular weight excluding hydrogens is 400 g/mol. The molecule has 6 nitrogen and oxygen atoms in total. The van der Waals surface area contributed by atoms with Crippen LogP contribution in [0.4, 0.5) is 11.4 Å². The lowest BCUT2D eigenvalue weighted by Crippen LogP contribution is -2.48. The Bertz CT molecular complexity index is 1180. The van der Waals surface area contributed by atoms with E-state index in [4.69, 9.17) is 4.74 Å². The molecule has 1 aliphatic rings. The summed E-state index contributed by atoms with van der Waals surface area (Å²) in [6.07, 6.45) is -0.986. The quantitative estimate of drug-likeness (QED) is 0.692. The Kier molecular flexibility index (Phi) is 5.22. The molecule has 1 heterocycles. The molecule has 3 aromatic rings. The minimum atomic E-state index is -3.87. The van der Waals surface area contributed by atoms with E-state index in [-0.39, 0.29) is 11.4 Å². The van der Waals surface area contributed by atoms with Crippen molar-refractivity contribution >= 4 is 27.3 Å². The molecule has 0 aliphatic carbocycles. The van der Waals surface area contributed by atoms with Crippen LogP contribution >= 0.6 is 0 Å². The molecule has 0 saturated heterocycles. The molecule has 1 N–H and O–H groups in total. The Morgan fingerprint density at radius 2 is 1.63 bits per heavy atom. The molecule has 7 heteroatoms. The fourth-order valence-corrected chi connectivity index (χ4v) is 4.77. The summed E-state index contributed by atoms with van der Waals surface area (Å²) in [7, 11) is -3.87. The van der Waals surface area contributed by atoms with Crippen molar-refractivity contribution in [1.29, 1.82) is 0 Å². The number of ether oxygens (including phenoxy) is 1. The highest BCUT2D eigenvalue weighted by Gasteiger charge is 2.37. The average molecular weight is 423 g/mol. The monoisotopic (exact) mass is 422 g/mol. The molecule has 0 radical (unpaired) electrons. The number of para-hydroxylation sites is 1. The fraction of sp³-hybridized carbons (Fsp3) is 0.174. The number of carbonyl (C=O) groups is 1. The highest BCUT2D eigenvalue weighted by Crippen LogP contribution is 2.38. The van der Waals surface area contributed by atoms with Crippen LogP contribution in [0.15, 0.2) is 77.7 Å². The maximum Gasteiger partial charge on any atom is 0.267 e. The third-order valence-corrected chi connectivity index (χ3v) is 6.72. The number of anilines is 2. The topological polar surface area (TPSA) is 75.7 Å². The van der Waals surface area contributed by atoms with Crippen LogP contribution in [0.1, 0.15) is 11.1 Å². The van der Waals surface area contributed by atoms with Crippen molar-refractivity contribution in [2.45, 2.75) is 24.8 Å². The molecule has 0 aromatic heterocycles. The normalized spacial score (nSPS) is 15.8. The highest BCUT2D eigenvalue weighted by atomic mass is 32.2. The Hall–Kier alpha value is -3.32. The van der Waals surface area contributed by atoms with Crippen LogP contribution in [0.25, 0.3) is 0 Å². The molecule has 0 bridgehead atoms. The van der Waals surface area contributed by atoms with Gasteiger partial charge in [0.15, 0.2) is 6.10 Å². The predicted octanol–water partition coefficient (Wildman–Crippen LogP) is 3.90. The summed E-state index contributed by atoms with van der Waals surface area (Å²) in [5, 5.41) is 2.79. The van der Waals surface area contributed by atoms with E-state index < -0.39 is 22.0 Å². The van der Waals surface area contributed by atoms with Crippen molar-refractivity contribution in [3.05, 3.63) is 83.9 Å². The van der Waals surface area contributed by atoms with Crippen LogP contribution in [0.2, 0.25) is 0 Å². The molecular formula is C23H22N2O4S. The second-order valence-corrected chi connectivity index (χ2v) is 9.14. The van der Waals surface area contributed by atoms with Gasteiger partial charge >= 0.3 is 0 Å². The zero-order valence-electron chi connectivity index (χ0n) is 16.7. The Morgan fingerprint density at radius 3 is 2.33 bits per heavy atom. The number of hydrogen-bond acceptors (Lipinski definition) is 4. The molecule has 0 saturated carbocycles. The lowest BCUT2D eigenvalue weighted by molar-refractivity contribution is -0.122. The first-order valence-corrected chi connectivity index (χ1v) is 11.0. The summed E-state index contributed by atoms with van der Waals surface area (Å²) in [6.45, 7) is 3.66. The second-order valence-electron chi connectivity index (χ2n) is 7.28. The Morgan fingerprint density at radius 1 is 0.967 bits per heavy atom. The number of amides is 1. The maximum atomic E-state index is 13.4. The average Bonchev–Trinajstić information content (AvgIpc) is 2.74. The zero-order chi connectivity index (χ0) is 21.3.